The van der Waals surface area contributed by atoms with E-state index in [0.717, 1.165) is 0 Å². The summed E-state index contributed by atoms with van der Waals surface area (Å²) in [5.41, 5.74) is 0.671. The molecule has 1 rings (SSSR count). The molecule has 3 heteroatoms. The molecular weight excluding hydrogens is 253 g/mol. The summed E-state index contributed by atoms with van der Waals surface area (Å²) in [6.45, 7) is 0. The molecule has 0 spiro atoms. The fourth-order valence-corrected chi connectivity index (χ4v) is 1.33. The predicted molar refractivity (Wildman–Crippen MR) is 52.3 cm³/mol. The molecule has 0 N–H and O–H groups in total. The molecule has 0 amide bonds. The lowest BCUT2D eigenvalue weighted by Gasteiger charge is -1.92. The number of hydrogen-bond donors (Lipinski definition) is 0. The molecule has 0 bridgehead atoms. The second-order valence-electron chi connectivity index (χ2n) is 1.98. The van der Waals surface area contributed by atoms with Crippen LogP contribution in [-0.2, 0) is 4.79 Å². The van der Waals surface area contributed by atoms with Gasteiger partial charge in [-0.05, 0) is 12.2 Å². The first-order valence-corrected chi connectivity index (χ1v) is 4.36. The highest BCUT2D eigenvalue weighted by molar-refractivity contribution is 14.1. The van der Waals surface area contributed by atoms with Crippen molar-refractivity contribution in [3.8, 4) is 0 Å². The Bertz CT molecular complexity index is 272. The molecule has 0 aromatic heterocycles. The Morgan fingerprint density at radius 1 is 1.55 bits per heavy atom. The second kappa shape index (κ2) is 4.26. The molecule has 0 saturated heterocycles. The van der Waals surface area contributed by atoms with Crippen molar-refractivity contribution >= 4 is 28.7 Å². The van der Waals surface area contributed by atoms with Gasteiger partial charge in [-0.2, -0.15) is 4.99 Å². The minimum Gasteiger partial charge on any atom is -0.211 e. The van der Waals surface area contributed by atoms with E-state index in [4.69, 9.17) is 0 Å². The molecule has 0 fully saturated rings. The zero-order valence-electron chi connectivity index (χ0n) is 5.70. The molecule has 2 nitrogen and oxygen atoms in total. The van der Waals surface area contributed by atoms with Crippen LogP contribution in [0.15, 0.2) is 41.1 Å². The van der Waals surface area contributed by atoms with Crippen molar-refractivity contribution in [3.05, 3.63) is 36.1 Å². The van der Waals surface area contributed by atoms with E-state index in [1.165, 1.54) is 6.08 Å². The number of halogens is 1. The first kappa shape index (κ1) is 8.43. The van der Waals surface area contributed by atoms with Gasteiger partial charge in [0.2, 0.25) is 6.08 Å². The largest absolute Gasteiger partial charge is 0.240 e. The topological polar surface area (TPSA) is 29.4 Å². The van der Waals surface area contributed by atoms with Crippen molar-refractivity contribution in [2.24, 2.45) is 4.99 Å². The van der Waals surface area contributed by atoms with Crippen molar-refractivity contribution in [3.63, 3.8) is 0 Å². The number of hydrogen-bond acceptors (Lipinski definition) is 2. The van der Waals surface area contributed by atoms with Crippen molar-refractivity contribution in [1.82, 2.24) is 0 Å². The molecule has 0 aromatic rings. The van der Waals surface area contributed by atoms with Crippen LogP contribution in [0.2, 0.25) is 0 Å². The van der Waals surface area contributed by atoms with E-state index < -0.39 is 0 Å². The van der Waals surface area contributed by atoms with Crippen LogP contribution in [0.4, 0.5) is 0 Å². The molecule has 1 aliphatic carbocycles. The molecule has 0 saturated carbocycles. The predicted octanol–water partition coefficient (Wildman–Crippen LogP) is 2.14. The first-order valence-electron chi connectivity index (χ1n) is 3.11. The van der Waals surface area contributed by atoms with Gasteiger partial charge in [0, 0.05) is 3.92 Å². The van der Waals surface area contributed by atoms with Gasteiger partial charge in [-0.3, -0.25) is 0 Å². The second-order valence-corrected chi connectivity index (χ2v) is 3.42. The van der Waals surface area contributed by atoms with E-state index in [1.807, 2.05) is 24.3 Å². The van der Waals surface area contributed by atoms with Crippen molar-refractivity contribution in [2.75, 3.05) is 0 Å². The molecule has 0 heterocycles. The Labute approximate surface area is 78.5 Å². The average Bonchev–Trinajstić information content (AvgIpc) is 2.15. The van der Waals surface area contributed by atoms with Gasteiger partial charge in [0.05, 0.1) is 5.70 Å². The Kier molecular flexibility index (Phi) is 3.26. The highest BCUT2D eigenvalue weighted by Gasteiger charge is 1.97. The third kappa shape index (κ3) is 2.82. The van der Waals surface area contributed by atoms with Gasteiger partial charge >= 0.3 is 0 Å². The maximum atomic E-state index is 9.90. The lowest BCUT2D eigenvalue weighted by molar-refractivity contribution is 0.565. The van der Waals surface area contributed by atoms with Crippen LogP contribution in [0.1, 0.15) is 0 Å². The molecule has 1 aliphatic rings. The van der Waals surface area contributed by atoms with E-state index in [9.17, 15) is 4.79 Å². The Morgan fingerprint density at radius 2 is 2.36 bits per heavy atom. The van der Waals surface area contributed by atoms with Gasteiger partial charge in [-0.15, -0.1) is 0 Å². The fraction of sp³-hybridized carbons (Fsp3) is 0.125. The van der Waals surface area contributed by atoms with Crippen LogP contribution in [0.25, 0.3) is 0 Å². The molecule has 0 unspecified atom stereocenters. The summed E-state index contributed by atoms with van der Waals surface area (Å²) in [7, 11) is 0. The molecule has 0 aliphatic heterocycles. The van der Waals surface area contributed by atoms with Crippen LogP contribution >= 0.6 is 22.6 Å². The van der Waals surface area contributed by atoms with E-state index in [1.54, 1.807) is 6.08 Å². The van der Waals surface area contributed by atoms with Gasteiger partial charge in [0.25, 0.3) is 0 Å². The van der Waals surface area contributed by atoms with E-state index in [2.05, 4.69) is 27.6 Å². The molecular formula is C8H6INO. The van der Waals surface area contributed by atoms with E-state index >= 15 is 0 Å². The lowest BCUT2D eigenvalue weighted by atomic mass is 10.3. The Balaban J connectivity index is 2.87. The maximum absolute atomic E-state index is 9.90. The summed E-state index contributed by atoms with van der Waals surface area (Å²) in [5, 5.41) is 0. The average molecular weight is 259 g/mol. The van der Waals surface area contributed by atoms with Gasteiger partial charge in [0.1, 0.15) is 0 Å². The highest BCUT2D eigenvalue weighted by atomic mass is 127. The van der Waals surface area contributed by atoms with Crippen LogP contribution in [-0.4, -0.2) is 10.0 Å². The molecule has 56 valence electrons. The van der Waals surface area contributed by atoms with Crippen molar-refractivity contribution in [2.45, 2.75) is 3.92 Å². The monoisotopic (exact) mass is 259 g/mol. The highest BCUT2D eigenvalue weighted by Crippen LogP contribution is 2.12. The number of aliphatic imine (C=N–C) groups is 1. The molecule has 1 atom stereocenters. The number of nitrogens with zero attached hydrogens (tertiary/aromatic N) is 1. The summed E-state index contributed by atoms with van der Waals surface area (Å²) in [4.78, 5) is 13.4. The molecule has 0 aromatic carbocycles. The van der Waals surface area contributed by atoms with Gasteiger partial charge < -0.3 is 0 Å². The summed E-state index contributed by atoms with van der Waals surface area (Å²) in [6, 6.07) is 0. The number of isocyanates is 1. The molecule has 0 radical (unpaired) electrons. The molecule has 11 heavy (non-hydrogen) atoms. The lowest BCUT2D eigenvalue weighted by Crippen LogP contribution is -1.84. The quantitative estimate of drug-likeness (QED) is 0.307. The van der Waals surface area contributed by atoms with Crippen LogP contribution in [0.5, 0.6) is 0 Å². The smallest absolute Gasteiger partial charge is 0.211 e. The standard InChI is InChI=1S/C8H6INO/c9-7-3-1-2-4-8(5-7)10-6-11/h1-5,7H/t7-/m1/s1. The van der Waals surface area contributed by atoms with Crippen molar-refractivity contribution < 1.29 is 4.79 Å². The van der Waals surface area contributed by atoms with E-state index in [-0.39, 0.29) is 0 Å². The first-order chi connectivity index (χ1) is 5.33. The third-order valence-corrected chi connectivity index (χ3v) is 1.95. The number of rotatable bonds is 1. The zero-order chi connectivity index (χ0) is 8.10. The van der Waals surface area contributed by atoms with Crippen LogP contribution in [0, 0.1) is 0 Å². The third-order valence-electron chi connectivity index (χ3n) is 1.18. The minimum atomic E-state index is 0.301. The number of allylic oxidation sites excluding steroid dienone is 5. The number of carbonyl (C=O) groups excluding carboxylic acids is 1. The minimum absolute atomic E-state index is 0.301. The summed E-state index contributed by atoms with van der Waals surface area (Å²) >= 11 is 2.24. The van der Waals surface area contributed by atoms with Crippen LogP contribution in [0.3, 0.4) is 0 Å². The maximum Gasteiger partial charge on any atom is 0.240 e. The normalized spacial score (nSPS) is 21.9. The Morgan fingerprint density at radius 3 is 3.09 bits per heavy atom. The van der Waals surface area contributed by atoms with Gasteiger partial charge in [-0.25, -0.2) is 4.79 Å². The van der Waals surface area contributed by atoms with Gasteiger partial charge in [-0.1, -0.05) is 40.8 Å². The number of alkyl halides is 1. The summed E-state index contributed by atoms with van der Waals surface area (Å²) in [6.07, 6.45) is 11.0. The Hall–Kier alpha value is -0.670. The van der Waals surface area contributed by atoms with Gasteiger partial charge in [0.15, 0.2) is 0 Å². The van der Waals surface area contributed by atoms with E-state index in [0.29, 0.717) is 9.62 Å². The summed E-state index contributed by atoms with van der Waals surface area (Å²) < 4.78 is 0.301. The zero-order valence-corrected chi connectivity index (χ0v) is 7.86. The fourth-order valence-electron chi connectivity index (χ4n) is 0.726. The van der Waals surface area contributed by atoms with Crippen molar-refractivity contribution in [1.29, 1.82) is 0 Å². The van der Waals surface area contributed by atoms with Crippen LogP contribution < -0.4 is 0 Å². The summed E-state index contributed by atoms with van der Waals surface area (Å²) in [5.74, 6) is 0. The SMILES string of the molecule is O=C=NC1=C[C@H](I)C=CC=C1.